The summed E-state index contributed by atoms with van der Waals surface area (Å²) in [6, 6.07) is 8.88. The van der Waals surface area contributed by atoms with Crippen LogP contribution in [-0.2, 0) is 15.5 Å². The standard InChI is InChI=1S/C18H15F2NO3/c1-10-3-5-12-13-8-11(17(23)21-9-16(22)24-2)4-6-14(13)18(19,20)15(12)7-10/h3-8H,9H2,1-2H3,(H,21,23). The second kappa shape index (κ2) is 5.70. The molecule has 0 unspecified atom stereocenters. The van der Waals surface area contributed by atoms with Gasteiger partial charge >= 0.3 is 5.97 Å². The number of ether oxygens (including phenoxy) is 1. The van der Waals surface area contributed by atoms with Gasteiger partial charge in [-0.3, -0.25) is 9.59 Å². The predicted molar refractivity (Wildman–Crippen MR) is 84.0 cm³/mol. The molecule has 0 fully saturated rings. The van der Waals surface area contributed by atoms with Crippen LogP contribution >= 0.6 is 0 Å². The summed E-state index contributed by atoms with van der Waals surface area (Å²) in [7, 11) is 1.21. The Morgan fingerprint density at radius 1 is 1.08 bits per heavy atom. The average Bonchev–Trinajstić information content (AvgIpc) is 2.79. The molecule has 0 aliphatic heterocycles. The fourth-order valence-electron chi connectivity index (χ4n) is 2.81. The fourth-order valence-corrected chi connectivity index (χ4v) is 2.81. The first-order valence-electron chi connectivity index (χ1n) is 7.33. The van der Waals surface area contributed by atoms with Gasteiger partial charge in [0.05, 0.1) is 7.11 Å². The highest BCUT2D eigenvalue weighted by Gasteiger charge is 2.44. The third-order valence-electron chi connectivity index (χ3n) is 4.04. The number of hydrogen-bond acceptors (Lipinski definition) is 3. The molecule has 4 nitrogen and oxygen atoms in total. The largest absolute Gasteiger partial charge is 0.468 e. The Bertz CT molecular complexity index is 846. The number of benzene rings is 2. The Morgan fingerprint density at radius 3 is 2.54 bits per heavy atom. The van der Waals surface area contributed by atoms with Crippen molar-refractivity contribution in [1.29, 1.82) is 0 Å². The summed E-state index contributed by atoms with van der Waals surface area (Å²) in [4.78, 5) is 23.2. The van der Waals surface area contributed by atoms with Crippen molar-refractivity contribution in [3.63, 3.8) is 0 Å². The molecule has 0 bridgehead atoms. The van der Waals surface area contributed by atoms with Gasteiger partial charge in [-0.2, -0.15) is 8.78 Å². The van der Waals surface area contributed by atoms with Crippen molar-refractivity contribution in [2.24, 2.45) is 0 Å². The lowest BCUT2D eigenvalue weighted by Gasteiger charge is -2.12. The lowest BCUT2D eigenvalue weighted by atomic mass is 10.0. The van der Waals surface area contributed by atoms with Crippen LogP contribution in [0.3, 0.4) is 0 Å². The maximum Gasteiger partial charge on any atom is 0.325 e. The minimum atomic E-state index is -3.09. The Hall–Kier alpha value is -2.76. The third kappa shape index (κ3) is 2.54. The van der Waals surface area contributed by atoms with E-state index in [4.69, 9.17) is 0 Å². The van der Waals surface area contributed by atoms with Crippen molar-refractivity contribution in [3.05, 3.63) is 58.7 Å². The quantitative estimate of drug-likeness (QED) is 0.880. The van der Waals surface area contributed by atoms with Gasteiger partial charge in [-0.1, -0.05) is 23.8 Å². The zero-order valence-electron chi connectivity index (χ0n) is 13.2. The Kier molecular flexibility index (Phi) is 3.83. The Balaban J connectivity index is 1.98. The van der Waals surface area contributed by atoms with E-state index in [9.17, 15) is 18.4 Å². The number of rotatable bonds is 3. The molecule has 24 heavy (non-hydrogen) atoms. The highest BCUT2D eigenvalue weighted by atomic mass is 19.3. The van der Waals surface area contributed by atoms with Gasteiger partial charge in [0.2, 0.25) is 0 Å². The zero-order valence-corrected chi connectivity index (χ0v) is 13.2. The van der Waals surface area contributed by atoms with Gasteiger partial charge in [0.25, 0.3) is 11.8 Å². The number of aryl methyl sites for hydroxylation is 1. The Labute approximate surface area is 137 Å². The summed E-state index contributed by atoms with van der Waals surface area (Å²) < 4.78 is 33.6. The van der Waals surface area contributed by atoms with Crippen molar-refractivity contribution < 1.29 is 23.1 Å². The molecule has 0 atom stereocenters. The van der Waals surface area contributed by atoms with E-state index in [0.29, 0.717) is 11.1 Å². The first-order valence-corrected chi connectivity index (χ1v) is 7.33. The molecule has 3 rings (SSSR count). The number of methoxy groups -OCH3 is 1. The van der Waals surface area contributed by atoms with Crippen LogP contribution < -0.4 is 5.32 Å². The maximum atomic E-state index is 14.6. The Morgan fingerprint density at radius 2 is 1.83 bits per heavy atom. The SMILES string of the molecule is COC(=O)CNC(=O)c1ccc2c(c1)-c1ccc(C)cc1C2(F)F. The second-order valence-electron chi connectivity index (χ2n) is 5.64. The first kappa shape index (κ1) is 16.1. The number of alkyl halides is 2. The van der Waals surface area contributed by atoms with Gasteiger partial charge < -0.3 is 10.1 Å². The van der Waals surface area contributed by atoms with E-state index in [1.165, 1.54) is 31.4 Å². The number of hydrogen-bond donors (Lipinski definition) is 1. The normalized spacial score (nSPS) is 13.8. The second-order valence-corrected chi connectivity index (χ2v) is 5.64. The van der Waals surface area contributed by atoms with Crippen molar-refractivity contribution >= 4 is 11.9 Å². The van der Waals surface area contributed by atoms with Gasteiger partial charge in [-0.25, -0.2) is 0 Å². The molecule has 1 aliphatic carbocycles. The molecule has 1 aliphatic rings. The highest BCUT2D eigenvalue weighted by molar-refractivity contribution is 5.98. The summed E-state index contributed by atoms with van der Waals surface area (Å²) in [5, 5.41) is 2.39. The lowest BCUT2D eigenvalue weighted by Crippen LogP contribution is -2.30. The van der Waals surface area contributed by atoms with Crippen LogP contribution in [0.1, 0.15) is 27.0 Å². The number of fused-ring (bicyclic) bond motifs is 3. The summed E-state index contributed by atoms with van der Waals surface area (Å²) in [6.07, 6.45) is 0. The number of halogens is 2. The number of esters is 1. The zero-order chi connectivity index (χ0) is 17.5. The van der Waals surface area contributed by atoms with Crippen molar-refractivity contribution in [1.82, 2.24) is 5.32 Å². The van der Waals surface area contributed by atoms with Crippen LogP contribution in [0.4, 0.5) is 8.78 Å². The average molecular weight is 331 g/mol. The number of nitrogens with one attached hydrogen (secondary N) is 1. The first-order chi connectivity index (χ1) is 11.3. The van der Waals surface area contributed by atoms with Gasteiger partial charge in [-0.05, 0) is 36.2 Å². The maximum absolute atomic E-state index is 14.6. The van der Waals surface area contributed by atoms with Crippen molar-refractivity contribution in [2.75, 3.05) is 13.7 Å². The van der Waals surface area contributed by atoms with Crippen LogP contribution in [0.25, 0.3) is 11.1 Å². The molecule has 0 aromatic heterocycles. The van der Waals surface area contributed by atoms with E-state index >= 15 is 0 Å². The summed E-state index contributed by atoms with van der Waals surface area (Å²) >= 11 is 0. The molecule has 0 saturated carbocycles. The molecule has 1 amide bonds. The molecule has 6 heteroatoms. The monoisotopic (exact) mass is 331 g/mol. The van der Waals surface area contributed by atoms with Crippen LogP contribution in [0.15, 0.2) is 36.4 Å². The molecule has 124 valence electrons. The van der Waals surface area contributed by atoms with Gasteiger partial charge in [0, 0.05) is 16.7 Å². The molecular formula is C18H15F2NO3. The van der Waals surface area contributed by atoms with E-state index in [1.54, 1.807) is 19.1 Å². The van der Waals surface area contributed by atoms with Crippen LogP contribution in [0, 0.1) is 6.92 Å². The molecule has 0 saturated heterocycles. The van der Waals surface area contributed by atoms with Crippen molar-refractivity contribution in [3.8, 4) is 11.1 Å². The fraction of sp³-hybridized carbons (Fsp3) is 0.222. The predicted octanol–water partition coefficient (Wildman–Crippen LogP) is 3.02. The summed E-state index contributed by atoms with van der Waals surface area (Å²) in [6.45, 7) is 1.48. The minimum absolute atomic E-state index is 0.0513. The topological polar surface area (TPSA) is 55.4 Å². The van der Waals surface area contributed by atoms with Crippen molar-refractivity contribution in [2.45, 2.75) is 12.8 Å². The molecule has 1 N–H and O–H groups in total. The lowest BCUT2D eigenvalue weighted by molar-refractivity contribution is -0.139. The molecule has 0 spiro atoms. The van der Waals surface area contributed by atoms with E-state index in [2.05, 4.69) is 10.1 Å². The van der Waals surface area contributed by atoms with E-state index in [1.807, 2.05) is 0 Å². The smallest absolute Gasteiger partial charge is 0.325 e. The number of carbonyl (C=O) groups is 2. The molecule has 2 aromatic carbocycles. The molecule has 0 radical (unpaired) electrons. The van der Waals surface area contributed by atoms with Gasteiger partial charge in [0.15, 0.2) is 0 Å². The molecular weight excluding hydrogens is 316 g/mol. The van der Waals surface area contributed by atoms with Crippen LogP contribution in [0.5, 0.6) is 0 Å². The van der Waals surface area contributed by atoms with E-state index < -0.39 is 17.8 Å². The van der Waals surface area contributed by atoms with Gasteiger partial charge in [-0.15, -0.1) is 0 Å². The van der Waals surface area contributed by atoms with Crippen LogP contribution in [-0.4, -0.2) is 25.5 Å². The minimum Gasteiger partial charge on any atom is -0.468 e. The molecule has 0 heterocycles. The number of amides is 1. The summed E-state index contributed by atoms with van der Waals surface area (Å²) in [5.74, 6) is -4.19. The molecule has 2 aromatic rings. The van der Waals surface area contributed by atoms with Crippen LogP contribution in [0.2, 0.25) is 0 Å². The van der Waals surface area contributed by atoms with E-state index in [-0.39, 0.29) is 23.2 Å². The third-order valence-corrected chi connectivity index (χ3v) is 4.04. The highest BCUT2D eigenvalue weighted by Crippen LogP contribution is 2.51. The number of carbonyl (C=O) groups excluding carboxylic acids is 2. The van der Waals surface area contributed by atoms with Gasteiger partial charge in [0.1, 0.15) is 6.54 Å². The summed E-state index contributed by atoms with van der Waals surface area (Å²) in [5.41, 5.74) is 1.54. The van der Waals surface area contributed by atoms with E-state index in [0.717, 1.165) is 5.56 Å².